The van der Waals surface area contributed by atoms with Gasteiger partial charge in [0.2, 0.25) is 0 Å². The third kappa shape index (κ3) is 5.17. The number of nitrogens with one attached hydrogen (secondary N) is 2. The van der Waals surface area contributed by atoms with E-state index in [9.17, 15) is 18.0 Å². The van der Waals surface area contributed by atoms with Crippen molar-refractivity contribution >= 4 is 6.03 Å². The Bertz CT molecular complexity index is 654. The van der Waals surface area contributed by atoms with E-state index in [4.69, 9.17) is 0 Å². The van der Waals surface area contributed by atoms with Gasteiger partial charge in [-0.05, 0) is 29.8 Å². The minimum atomic E-state index is -3.07. The summed E-state index contributed by atoms with van der Waals surface area (Å²) in [4.78, 5) is 15.5. The van der Waals surface area contributed by atoms with Gasteiger partial charge in [0.25, 0.3) is 0 Å². The average Bonchev–Trinajstić information content (AvgIpc) is 2.53. The van der Waals surface area contributed by atoms with E-state index in [1.54, 1.807) is 24.5 Å². The van der Waals surface area contributed by atoms with Gasteiger partial charge in [-0.1, -0.05) is 6.07 Å². The maximum absolute atomic E-state index is 13.7. The van der Waals surface area contributed by atoms with Crippen molar-refractivity contribution in [1.29, 1.82) is 0 Å². The van der Waals surface area contributed by atoms with Gasteiger partial charge in [0, 0.05) is 24.5 Å². The van der Waals surface area contributed by atoms with Crippen molar-refractivity contribution in [3.8, 4) is 5.75 Å². The number of nitrogens with zero attached hydrogens (tertiary/aromatic N) is 1. The molecule has 2 amide bonds. The van der Waals surface area contributed by atoms with Crippen molar-refractivity contribution in [2.24, 2.45) is 0 Å². The fraction of sp³-hybridized carbons (Fsp3) is 0.200. The van der Waals surface area contributed by atoms with Crippen LogP contribution in [0.25, 0.3) is 0 Å². The Morgan fingerprint density at radius 1 is 1.13 bits per heavy atom. The van der Waals surface area contributed by atoms with Gasteiger partial charge in [-0.2, -0.15) is 8.78 Å². The minimum absolute atomic E-state index is 0.146. The highest BCUT2D eigenvalue weighted by molar-refractivity contribution is 5.73. The first-order valence-corrected chi connectivity index (χ1v) is 6.69. The Kier molecular flexibility index (Phi) is 5.79. The van der Waals surface area contributed by atoms with Gasteiger partial charge in [-0.15, -0.1) is 0 Å². The van der Waals surface area contributed by atoms with Crippen LogP contribution in [0, 0.1) is 5.82 Å². The van der Waals surface area contributed by atoms with E-state index >= 15 is 0 Å². The largest absolute Gasteiger partial charge is 0.434 e. The minimum Gasteiger partial charge on any atom is -0.434 e. The summed E-state index contributed by atoms with van der Waals surface area (Å²) in [5, 5.41) is 4.95. The molecule has 1 heterocycles. The Hall–Kier alpha value is -2.77. The molecule has 0 unspecified atom stereocenters. The molecule has 0 aliphatic carbocycles. The number of carbonyl (C=O) groups is 1. The van der Waals surface area contributed by atoms with Crippen molar-refractivity contribution in [2.45, 2.75) is 19.7 Å². The summed E-state index contributed by atoms with van der Waals surface area (Å²) in [5.41, 5.74) is 0.689. The molecule has 2 rings (SSSR count). The highest BCUT2D eigenvalue weighted by Crippen LogP contribution is 2.23. The Morgan fingerprint density at radius 3 is 2.52 bits per heavy atom. The second-order valence-electron chi connectivity index (χ2n) is 4.49. The van der Waals surface area contributed by atoms with Crippen LogP contribution in [-0.4, -0.2) is 17.6 Å². The first-order valence-electron chi connectivity index (χ1n) is 6.69. The normalized spacial score (nSPS) is 10.4. The summed E-state index contributed by atoms with van der Waals surface area (Å²) in [6, 6.07) is 6.45. The first kappa shape index (κ1) is 16.6. The van der Waals surface area contributed by atoms with Crippen LogP contribution in [0.15, 0.2) is 42.7 Å². The summed E-state index contributed by atoms with van der Waals surface area (Å²) in [6.07, 6.45) is 3.17. The molecule has 8 heteroatoms. The molecule has 0 bridgehead atoms. The molecule has 1 aromatic heterocycles. The third-order valence-electron chi connectivity index (χ3n) is 2.92. The van der Waals surface area contributed by atoms with E-state index in [-0.39, 0.29) is 24.4 Å². The molecule has 0 saturated heterocycles. The topological polar surface area (TPSA) is 63.2 Å². The molecule has 0 aliphatic rings. The average molecular weight is 325 g/mol. The lowest BCUT2D eigenvalue weighted by molar-refractivity contribution is -0.0506. The van der Waals surface area contributed by atoms with Crippen LogP contribution in [0.4, 0.5) is 18.0 Å². The van der Waals surface area contributed by atoms with Gasteiger partial charge in [0.1, 0.15) is 11.6 Å². The predicted octanol–water partition coefficient (Wildman–Crippen LogP) is 2.82. The van der Waals surface area contributed by atoms with Crippen LogP contribution < -0.4 is 15.4 Å². The summed E-state index contributed by atoms with van der Waals surface area (Å²) in [6.45, 7) is -3.10. The highest BCUT2D eigenvalue weighted by atomic mass is 19.3. The molecular formula is C15H14F3N3O2. The molecular weight excluding hydrogens is 311 g/mol. The highest BCUT2D eigenvalue weighted by Gasteiger charge is 2.14. The molecule has 23 heavy (non-hydrogen) atoms. The number of alkyl halides is 2. The molecule has 5 nitrogen and oxygen atoms in total. The van der Waals surface area contributed by atoms with E-state index in [1.165, 1.54) is 12.1 Å². The lowest BCUT2D eigenvalue weighted by atomic mass is 10.2. The number of hydrogen-bond acceptors (Lipinski definition) is 3. The molecule has 2 aromatic rings. The molecule has 122 valence electrons. The van der Waals surface area contributed by atoms with E-state index in [0.29, 0.717) is 0 Å². The van der Waals surface area contributed by atoms with Crippen molar-refractivity contribution in [3.63, 3.8) is 0 Å². The van der Waals surface area contributed by atoms with E-state index in [2.05, 4.69) is 20.4 Å². The quantitative estimate of drug-likeness (QED) is 0.858. The van der Waals surface area contributed by atoms with Crippen LogP contribution in [0.1, 0.15) is 11.1 Å². The van der Waals surface area contributed by atoms with Crippen molar-refractivity contribution in [3.05, 3.63) is 59.7 Å². The Morgan fingerprint density at radius 2 is 1.83 bits per heavy atom. The van der Waals surface area contributed by atoms with Gasteiger partial charge >= 0.3 is 12.6 Å². The van der Waals surface area contributed by atoms with Gasteiger partial charge in [-0.3, -0.25) is 4.98 Å². The molecule has 0 aliphatic heterocycles. The standard InChI is InChI=1S/C15H14F3N3O2/c16-12-2-1-3-13(23-14(17)18)11(12)9-21-15(22)20-8-10-4-6-19-7-5-10/h1-7,14H,8-9H2,(H2,20,21,22). The number of ether oxygens (including phenoxy) is 1. The lowest BCUT2D eigenvalue weighted by Gasteiger charge is -2.13. The number of pyridine rings is 1. The SMILES string of the molecule is O=C(NCc1ccncc1)NCc1c(F)cccc1OC(F)F. The van der Waals surface area contributed by atoms with Crippen LogP contribution in [0.2, 0.25) is 0 Å². The maximum atomic E-state index is 13.7. The lowest BCUT2D eigenvalue weighted by Crippen LogP contribution is -2.34. The second kappa shape index (κ2) is 8.02. The third-order valence-corrected chi connectivity index (χ3v) is 2.92. The molecule has 2 N–H and O–H groups in total. The smallest absolute Gasteiger partial charge is 0.387 e. The number of carbonyl (C=O) groups excluding carboxylic acids is 1. The van der Waals surface area contributed by atoms with E-state index in [0.717, 1.165) is 11.6 Å². The Labute approximate surface area is 130 Å². The van der Waals surface area contributed by atoms with Crippen LogP contribution in [0.3, 0.4) is 0 Å². The van der Waals surface area contributed by atoms with Crippen molar-refractivity contribution < 1.29 is 22.7 Å². The van der Waals surface area contributed by atoms with E-state index in [1.807, 2.05) is 0 Å². The molecule has 0 spiro atoms. The van der Waals surface area contributed by atoms with Crippen molar-refractivity contribution in [2.75, 3.05) is 0 Å². The molecule has 0 saturated carbocycles. The zero-order valence-corrected chi connectivity index (χ0v) is 11.9. The number of aromatic nitrogens is 1. The number of urea groups is 1. The van der Waals surface area contributed by atoms with E-state index < -0.39 is 18.5 Å². The first-order chi connectivity index (χ1) is 11.1. The number of amides is 2. The molecule has 0 fully saturated rings. The summed E-state index contributed by atoms with van der Waals surface area (Å²) in [5.74, 6) is -1.05. The molecule has 0 radical (unpaired) electrons. The number of benzene rings is 1. The molecule has 0 atom stereocenters. The number of rotatable bonds is 6. The maximum Gasteiger partial charge on any atom is 0.387 e. The number of hydrogen-bond donors (Lipinski definition) is 2. The fourth-order valence-corrected chi connectivity index (χ4v) is 1.83. The fourth-order valence-electron chi connectivity index (χ4n) is 1.83. The predicted molar refractivity (Wildman–Crippen MR) is 76.3 cm³/mol. The number of halogens is 3. The zero-order chi connectivity index (χ0) is 16.7. The van der Waals surface area contributed by atoms with Gasteiger partial charge < -0.3 is 15.4 Å². The molecule has 1 aromatic carbocycles. The second-order valence-corrected chi connectivity index (χ2v) is 4.49. The van der Waals surface area contributed by atoms with Gasteiger partial charge in [0.15, 0.2) is 0 Å². The summed E-state index contributed by atoms with van der Waals surface area (Å²) >= 11 is 0. The van der Waals surface area contributed by atoms with Crippen LogP contribution >= 0.6 is 0 Å². The van der Waals surface area contributed by atoms with Gasteiger partial charge in [0.05, 0.1) is 6.54 Å². The monoisotopic (exact) mass is 325 g/mol. The summed E-state index contributed by atoms with van der Waals surface area (Å²) in [7, 11) is 0. The van der Waals surface area contributed by atoms with Crippen LogP contribution in [-0.2, 0) is 13.1 Å². The van der Waals surface area contributed by atoms with Crippen molar-refractivity contribution in [1.82, 2.24) is 15.6 Å². The summed E-state index contributed by atoms with van der Waals surface area (Å²) < 4.78 is 42.5. The zero-order valence-electron chi connectivity index (χ0n) is 11.9. The van der Waals surface area contributed by atoms with Crippen LogP contribution in [0.5, 0.6) is 5.75 Å². The van der Waals surface area contributed by atoms with Gasteiger partial charge in [-0.25, -0.2) is 9.18 Å². The Balaban J connectivity index is 1.91.